The molecule has 1 amide bonds. The molecule has 2 aromatic rings. The summed E-state index contributed by atoms with van der Waals surface area (Å²) in [7, 11) is -3.67. The lowest BCUT2D eigenvalue weighted by molar-refractivity contribution is 0.0526. The molecule has 3 rings (SSSR count). The summed E-state index contributed by atoms with van der Waals surface area (Å²) in [5.74, 6) is -1.01. The Kier molecular flexibility index (Phi) is 7.35. The second kappa shape index (κ2) is 9.80. The van der Waals surface area contributed by atoms with Gasteiger partial charge in [0.05, 0.1) is 27.8 Å². The Bertz CT molecular complexity index is 1100. The number of hydrogen-bond acceptors (Lipinski definition) is 5. The number of amides is 1. The van der Waals surface area contributed by atoms with Crippen LogP contribution in [-0.4, -0.2) is 44.3 Å². The van der Waals surface area contributed by atoms with E-state index in [1.54, 1.807) is 26.0 Å². The standard InChI is InChI=1S/C22H25ClN2O5S/c1-3-30-22(27)17-9-10-19(18(23)13-17)24-21(26)16-8-7-15(2)20(14-16)31(28,29)25-11-5-4-6-12-25/h7-10,13-14H,3-6,11-12H2,1-2H3,(H,24,26). The van der Waals surface area contributed by atoms with Gasteiger partial charge in [0, 0.05) is 18.7 Å². The van der Waals surface area contributed by atoms with Crippen LogP contribution in [0.25, 0.3) is 0 Å². The molecule has 166 valence electrons. The number of aryl methyl sites for hydroxylation is 1. The van der Waals surface area contributed by atoms with Crippen molar-refractivity contribution in [1.29, 1.82) is 0 Å². The van der Waals surface area contributed by atoms with Gasteiger partial charge < -0.3 is 10.1 Å². The highest BCUT2D eigenvalue weighted by atomic mass is 35.5. The van der Waals surface area contributed by atoms with Crippen molar-refractivity contribution in [2.45, 2.75) is 38.0 Å². The third-order valence-corrected chi connectivity index (χ3v) is 7.46. The summed E-state index contributed by atoms with van der Waals surface area (Å²) >= 11 is 6.21. The number of piperidine rings is 1. The molecule has 0 atom stereocenters. The topological polar surface area (TPSA) is 92.8 Å². The number of halogens is 1. The molecule has 0 aliphatic carbocycles. The predicted octanol–water partition coefficient (Wildman–Crippen LogP) is 4.25. The Balaban J connectivity index is 1.83. The Morgan fingerprint density at radius 3 is 2.39 bits per heavy atom. The molecule has 0 spiro atoms. The van der Waals surface area contributed by atoms with Gasteiger partial charge in [-0.2, -0.15) is 4.31 Å². The molecule has 0 radical (unpaired) electrons. The van der Waals surface area contributed by atoms with Crippen LogP contribution in [0.2, 0.25) is 5.02 Å². The maximum atomic E-state index is 13.1. The number of nitrogens with zero attached hydrogens (tertiary/aromatic N) is 1. The van der Waals surface area contributed by atoms with Gasteiger partial charge in [-0.3, -0.25) is 4.79 Å². The molecule has 1 fully saturated rings. The number of benzene rings is 2. The zero-order valence-electron chi connectivity index (χ0n) is 17.5. The number of anilines is 1. The normalized spacial score (nSPS) is 14.8. The van der Waals surface area contributed by atoms with E-state index in [0.29, 0.717) is 24.3 Å². The lowest BCUT2D eigenvalue weighted by Gasteiger charge is -2.26. The average molecular weight is 465 g/mol. The van der Waals surface area contributed by atoms with E-state index >= 15 is 0 Å². The van der Waals surface area contributed by atoms with Crippen molar-refractivity contribution < 1.29 is 22.7 Å². The van der Waals surface area contributed by atoms with Gasteiger partial charge in [0.1, 0.15) is 0 Å². The highest BCUT2D eigenvalue weighted by Crippen LogP contribution is 2.27. The van der Waals surface area contributed by atoms with E-state index in [-0.39, 0.29) is 27.7 Å². The van der Waals surface area contributed by atoms with Gasteiger partial charge in [-0.05, 0) is 62.6 Å². The lowest BCUT2D eigenvalue weighted by atomic mass is 10.1. The molecule has 1 aliphatic rings. The molecule has 1 saturated heterocycles. The van der Waals surface area contributed by atoms with Crippen molar-refractivity contribution in [2.24, 2.45) is 0 Å². The minimum absolute atomic E-state index is 0.130. The van der Waals surface area contributed by atoms with Crippen molar-refractivity contribution in [2.75, 3.05) is 25.0 Å². The summed E-state index contributed by atoms with van der Waals surface area (Å²) in [5, 5.41) is 2.84. The molecular formula is C22H25ClN2O5S. The SMILES string of the molecule is CCOC(=O)c1ccc(NC(=O)c2ccc(C)c(S(=O)(=O)N3CCCCC3)c2)c(Cl)c1. The highest BCUT2D eigenvalue weighted by molar-refractivity contribution is 7.89. The molecule has 2 aromatic carbocycles. The van der Waals surface area contributed by atoms with Crippen LogP contribution < -0.4 is 5.32 Å². The quantitative estimate of drug-likeness (QED) is 0.645. The predicted molar refractivity (Wildman–Crippen MR) is 119 cm³/mol. The van der Waals surface area contributed by atoms with E-state index in [1.165, 1.54) is 28.6 Å². The van der Waals surface area contributed by atoms with Crippen molar-refractivity contribution in [1.82, 2.24) is 4.31 Å². The molecule has 7 nitrogen and oxygen atoms in total. The molecular weight excluding hydrogens is 440 g/mol. The second-order valence-electron chi connectivity index (χ2n) is 7.31. The van der Waals surface area contributed by atoms with E-state index in [2.05, 4.69) is 5.32 Å². The van der Waals surface area contributed by atoms with Crippen molar-refractivity contribution in [3.63, 3.8) is 0 Å². The first-order valence-electron chi connectivity index (χ1n) is 10.1. The van der Waals surface area contributed by atoms with E-state index in [1.807, 2.05) is 0 Å². The Labute approximate surface area is 187 Å². The van der Waals surface area contributed by atoms with Crippen LogP contribution in [0.4, 0.5) is 5.69 Å². The van der Waals surface area contributed by atoms with Crippen LogP contribution >= 0.6 is 11.6 Å². The zero-order valence-corrected chi connectivity index (χ0v) is 19.1. The first-order valence-corrected chi connectivity index (χ1v) is 11.9. The van der Waals surface area contributed by atoms with Gasteiger partial charge in [0.2, 0.25) is 10.0 Å². The van der Waals surface area contributed by atoms with E-state index in [4.69, 9.17) is 16.3 Å². The van der Waals surface area contributed by atoms with Crippen LogP contribution in [-0.2, 0) is 14.8 Å². The largest absolute Gasteiger partial charge is 0.462 e. The molecule has 1 aliphatic heterocycles. The number of sulfonamides is 1. The zero-order chi connectivity index (χ0) is 22.6. The van der Waals surface area contributed by atoms with E-state index in [0.717, 1.165) is 19.3 Å². The lowest BCUT2D eigenvalue weighted by Crippen LogP contribution is -2.36. The Hall–Kier alpha value is -2.42. The third-order valence-electron chi connectivity index (χ3n) is 5.11. The fourth-order valence-electron chi connectivity index (χ4n) is 3.42. The van der Waals surface area contributed by atoms with Crippen LogP contribution in [0, 0.1) is 6.92 Å². The highest BCUT2D eigenvalue weighted by Gasteiger charge is 2.28. The van der Waals surface area contributed by atoms with Gasteiger partial charge in [0.25, 0.3) is 5.91 Å². The smallest absolute Gasteiger partial charge is 0.338 e. The van der Waals surface area contributed by atoms with Crippen molar-refractivity contribution in [3.8, 4) is 0 Å². The summed E-state index contributed by atoms with van der Waals surface area (Å²) in [5.41, 5.74) is 1.36. The number of carbonyl (C=O) groups excluding carboxylic acids is 2. The van der Waals surface area contributed by atoms with Crippen LogP contribution in [0.5, 0.6) is 0 Å². The summed E-state index contributed by atoms with van der Waals surface area (Å²) < 4.78 is 32.6. The number of rotatable bonds is 6. The van der Waals surface area contributed by atoms with E-state index in [9.17, 15) is 18.0 Å². The average Bonchev–Trinajstić information content (AvgIpc) is 2.76. The maximum absolute atomic E-state index is 13.1. The molecule has 1 N–H and O–H groups in total. The summed E-state index contributed by atoms with van der Waals surface area (Å²) in [6, 6.07) is 9.01. The summed E-state index contributed by atoms with van der Waals surface area (Å²) in [6.07, 6.45) is 2.68. The number of esters is 1. The van der Waals surface area contributed by atoms with Crippen LogP contribution in [0.1, 0.15) is 52.5 Å². The first-order chi connectivity index (χ1) is 14.7. The molecule has 31 heavy (non-hydrogen) atoms. The molecule has 9 heteroatoms. The minimum atomic E-state index is -3.67. The molecule has 0 aromatic heterocycles. The van der Waals surface area contributed by atoms with Crippen molar-refractivity contribution >= 4 is 39.2 Å². The molecule has 1 heterocycles. The van der Waals surface area contributed by atoms with Gasteiger partial charge in [-0.25, -0.2) is 13.2 Å². The van der Waals surface area contributed by atoms with Gasteiger partial charge in [-0.1, -0.05) is 24.1 Å². The van der Waals surface area contributed by atoms with E-state index < -0.39 is 21.9 Å². The Morgan fingerprint density at radius 2 is 1.74 bits per heavy atom. The number of ether oxygens (including phenoxy) is 1. The summed E-state index contributed by atoms with van der Waals surface area (Å²) in [4.78, 5) is 24.7. The van der Waals surface area contributed by atoms with Gasteiger partial charge >= 0.3 is 5.97 Å². The fraction of sp³-hybridized carbons (Fsp3) is 0.364. The fourth-order valence-corrected chi connectivity index (χ4v) is 5.41. The number of carbonyl (C=O) groups is 2. The van der Waals surface area contributed by atoms with Crippen LogP contribution in [0.3, 0.4) is 0 Å². The van der Waals surface area contributed by atoms with Crippen LogP contribution in [0.15, 0.2) is 41.3 Å². The third kappa shape index (κ3) is 5.26. The second-order valence-corrected chi connectivity index (χ2v) is 9.63. The van der Waals surface area contributed by atoms with Gasteiger partial charge in [-0.15, -0.1) is 0 Å². The number of hydrogen-bond donors (Lipinski definition) is 1. The molecule has 0 bridgehead atoms. The first kappa shape index (κ1) is 23.2. The molecule has 0 unspecified atom stereocenters. The van der Waals surface area contributed by atoms with Crippen molar-refractivity contribution in [3.05, 3.63) is 58.1 Å². The number of nitrogens with one attached hydrogen (secondary N) is 1. The van der Waals surface area contributed by atoms with Gasteiger partial charge in [0.15, 0.2) is 0 Å². The monoisotopic (exact) mass is 464 g/mol. The Morgan fingerprint density at radius 1 is 1.06 bits per heavy atom. The minimum Gasteiger partial charge on any atom is -0.462 e. The molecule has 0 saturated carbocycles. The maximum Gasteiger partial charge on any atom is 0.338 e. The summed E-state index contributed by atoms with van der Waals surface area (Å²) in [6.45, 7) is 4.63.